The molecule has 0 spiro atoms. The second kappa shape index (κ2) is 13.5. The first kappa shape index (κ1) is 29.2. The van der Waals surface area contributed by atoms with Gasteiger partial charge in [-0.2, -0.15) is 0 Å². The Kier molecular flexibility index (Phi) is 10.2. The van der Waals surface area contributed by atoms with Crippen LogP contribution in [-0.4, -0.2) is 71.3 Å². The van der Waals surface area contributed by atoms with E-state index < -0.39 is 23.7 Å². The molecule has 10 heteroatoms. The summed E-state index contributed by atoms with van der Waals surface area (Å²) in [5, 5.41) is 15.5. The fourth-order valence-electron chi connectivity index (χ4n) is 4.74. The summed E-state index contributed by atoms with van der Waals surface area (Å²) in [6, 6.07) is 7.01. The number of carboxylic acids is 1. The van der Waals surface area contributed by atoms with Crippen molar-refractivity contribution in [2.75, 3.05) is 38.1 Å². The maximum absolute atomic E-state index is 14.2. The molecule has 1 saturated carbocycles. The molecule has 1 atom stereocenters. The molecule has 2 aliphatic rings. The zero-order valence-corrected chi connectivity index (χ0v) is 23.2. The van der Waals surface area contributed by atoms with Gasteiger partial charge >= 0.3 is 5.97 Å². The van der Waals surface area contributed by atoms with Crippen LogP contribution in [-0.2, 0) is 22.4 Å². The van der Waals surface area contributed by atoms with Crippen molar-refractivity contribution in [3.05, 3.63) is 58.0 Å². The number of fused-ring (bicyclic) bond motifs is 1. The Hall–Kier alpha value is -2.75. The lowest BCUT2D eigenvalue weighted by molar-refractivity contribution is -0.139. The maximum Gasteiger partial charge on any atom is 0.326 e. The number of hydrogen-bond acceptors (Lipinski definition) is 6. The molecule has 3 N–H and O–H groups in total. The quantitative estimate of drug-likeness (QED) is 0.271. The van der Waals surface area contributed by atoms with Crippen molar-refractivity contribution >= 4 is 29.3 Å². The minimum Gasteiger partial charge on any atom is -0.480 e. The number of amides is 1. The summed E-state index contributed by atoms with van der Waals surface area (Å²) in [5.41, 5.74) is 1.96. The number of aliphatic carboxylic acids is 1. The Balaban J connectivity index is 1.29. The van der Waals surface area contributed by atoms with E-state index in [1.807, 2.05) is 0 Å². The van der Waals surface area contributed by atoms with Crippen LogP contribution in [0.15, 0.2) is 30.3 Å². The van der Waals surface area contributed by atoms with Gasteiger partial charge in [-0.25, -0.2) is 14.2 Å². The zero-order chi connectivity index (χ0) is 27.8. The zero-order valence-electron chi connectivity index (χ0n) is 22.5. The number of aromatic nitrogens is 1. The van der Waals surface area contributed by atoms with Crippen LogP contribution in [0.2, 0.25) is 5.02 Å². The molecule has 1 unspecified atom stereocenters. The van der Waals surface area contributed by atoms with Gasteiger partial charge in [-0.3, -0.25) is 4.79 Å². The van der Waals surface area contributed by atoms with Crippen LogP contribution in [0.1, 0.15) is 67.1 Å². The van der Waals surface area contributed by atoms with Gasteiger partial charge < -0.3 is 25.4 Å². The number of nitrogens with zero attached hydrogens (tertiary/aromatic N) is 2. The van der Waals surface area contributed by atoms with Crippen LogP contribution in [0.3, 0.4) is 0 Å². The lowest BCUT2D eigenvalue weighted by Crippen LogP contribution is -2.44. The number of ether oxygens (including phenoxy) is 1. The molecule has 0 radical (unpaired) electrons. The summed E-state index contributed by atoms with van der Waals surface area (Å²) < 4.78 is 20.2. The summed E-state index contributed by atoms with van der Waals surface area (Å²) in [4.78, 5) is 31.5. The van der Waals surface area contributed by atoms with Gasteiger partial charge in [0, 0.05) is 25.3 Å². The monoisotopic (exact) mass is 560 g/mol. The molecule has 2 aromatic rings. The lowest BCUT2D eigenvalue weighted by atomic mass is 10.1. The molecular formula is C29H38ClFN4O4. The third kappa shape index (κ3) is 8.62. The Bertz CT molecular complexity index is 1140. The molecule has 1 aromatic heterocycles. The van der Waals surface area contributed by atoms with Crippen LogP contribution in [0.5, 0.6) is 0 Å². The molecule has 4 rings (SSSR count). The number of nitrogens with one attached hydrogen (secondary N) is 2. The van der Waals surface area contributed by atoms with Crippen LogP contribution >= 0.6 is 11.6 Å². The fraction of sp³-hybridized carbons (Fsp3) is 0.552. The number of carbonyl (C=O) groups excluding carboxylic acids is 1. The molecule has 1 aliphatic heterocycles. The third-order valence-electron chi connectivity index (χ3n) is 7.45. The normalized spacial score (nSPS) is 16.3. The summed E-state index contributed by atoms with van der Waals surface area (Å²) in [6.45, 7) is 5.50. The van der Waals surface area contributed by atoms with Crippen LogP contribution in [0.4, 0.5) is 10.2 Å². The molecule has 0 saturated heterocycles. The van der Waals surface area contributed by atoms with Crippen molar-refractivity contribution in [3.63, 3.8) is 0 Å². The average Bonchev–Trinajstić information content (AvgIpc) is 3.64. The molecule has 212 valence electrons. The predicted molar refractivity (Wildman–Crippen MR) is 149 cm³/mol. The number of unbranched alkanes of at least 4 members (excludes halogenated alkanes) is 1. The van der Waals surface area contributed by atoms with Crippen molar-refractivity contribution in [1.82, 2.24) is 15.2 Å². The third-order valence-corrected chi connectivity index (χ3v) is 7.76. The van der Waals surface area contributed by atoms with Crippen LogP contribution < -0.4 is 10.6 Å². The first-order valence-electron chi connectivity index (χ1n) is 13.8. The minimum absolute atomic E-state index is 0.0333. The largest absolute Gasteiger partial charge is 0.480 e. The number of anilines is 1. The van der Waals surface area contributed by atoms with Crippen LogP contribution in [0.25, 0.3) is 0 Å². The number of halogens is 2. The van der Waals surface area contributed by atoms with Gasteiger partial charge in [0.05, 0.1) is 22.8 Å². The van der Waals surface area contributed by atoms with E-state index in [1.165, 1.54) is 17.7 Å². The van der Waals surface area contributed by atoms with E-state index >= 15 is 0 Å². The molecule has 1 amide bonds. The van der Waals surface area contributed by atoms with E-state index in [0.717, 1.165) is 75.6 Å². The van der Waals surface area contributed by atoms with E-state index in [9.17, 15) is 19.1 Å². The van der Waals surface area contributed by atoms with E-state index in [2.05, 4.69) is 34.6 Å². The number of carboxylic acid groups (broad SMARTS) is 1. The number of pyridine rings is 1. The second-order valence-corrected chi connectivity index (χ2v) is 11.1. The molecule has 1 fully saturated rings. The van der Waals surface area contributed by atoms with Gasteiger partial charge in [0.2, 0.25) is 0 Å². The number of hydrogen-bond donors (Lipinski definition) is 3. The molecule has 8 nitrogen and oxygen atoms in total. The molecule has 39 heavy (non-hydrogen) atoms. The highest BCUT2D eigenvalue weighted by Gasteiger charge is 2.38. The van der Waals surface area contributed by atoms with Crippen molar-refractivity contribution < 1.29 is 23.8 Å². The van der Waals surface area contributed by atoms with E-state index in [0.29, 0.717) is 19.7 Å². The number of rotatable bonds is 15. The highest BCUT2D eigenvalue weighted by molar-refractivity contribution is 6.33. The fourth-order valence-corrected chi connectivity index (χ4v) is 4.99. The highest BCUT2D eigenvalue weighted by Crippen LogP contribution is 2.38. The number of benzene rings is 1. The number of aryl methyl sites for hydroxylation is 2. The van der Waals surface area contributed by atoms with Crippen LogP contribution in [0, 0.1) is 5.82 Å². The number of carbonyl (C=O) groups is 2. The Morgan fingerprint density at radius 2 is 2.05 bits per heavy atom. The standard InChI is InChI=1S/C29H38ClFN4O4/c1-29(13-14-29)39-19-18-35(16-3-2-7-21-11-10-20-6-5-15-32-26(20)33-21)17-12-24(28(37)38)34-27(36)25-22(30)8-4-9-23(25)31/h4,8-11,24H,2-3,5-7,12-19H2,1H3,(H,32,33)(H,34,36)(H,37,38). The minimum atomic E-state index is -1.18. The molecular weight excluding hydrogens is 523 g/mol. The van der Waals surface area contributed by atoms with Gasteiger partial charge in [0.1, 0.15) is 17.7 Å². The smallest absolute Gasteiger partial charge is 0.326 e. The van der Waals surface area contributed by atoms with Gasteiger partial charge in [-0.05, 0) is 88.6 Å². The van der Waals surface area contributed by atoms with Crippen molar-refractivity contribution in [2.24, 2.45) is 0 Å². The first-order chi connectivity index (χ1) is 18.7. The topological polar surface area (TPSA) is 104 Å². The highest BCUT2D eigenvalue weighted by atomic mass is 35.5. The Morgan fingerprint density at radius 1 is 1.23 bits per heavy atom. The maximum atomic E-state index is 14.2. The van der Waals surface area contributed by atoms with Crippen molar-refractivity contribution in [2.45, 2.75) is 69.9 Å². The van der Waals surface area contributed by atoms with Gasteiger partial charge in [0.15, 0.2) is 0 Å². The van der Waals surface area contributed by atoms with Gasteiger partial charge in [0.25, 0.3) is 5.91 Å². The summed E-state index contributed by atoms with van der Waals surface area (Å²) in [7, 11) is 0. The second-order valence-electron chi connectivity index (χ2n) is 10.7. The van der Waals surface area contributed by atoms with Crippen molar-refractivity contribution in [1.29, 1.82) is 0 Å². The van der Waals surface area contributed by atoms with E-state index in [-0.39, 0.29) is 22.6 Å². The summed E-state index contributed by atoms with van der Waals surface area (Å²) in [6.07, 6.45) is 7.22. The molecule has 0 bridgehead atoms. The SMILES string of the molecule is CC1(OCCN(CCCCc2ccc3c(n2)NCCC3)CCC(NC(=O)c2c(F)cccc2Cl)C(=O)O)CC1. The lowest BCUT2D eigenvalue weighted by Gasteiger charge is -2.25. The van der Waals surface area contributed by atoms with Gasteiger partial charge in [-0.1, -0.05) is 23.7 Å². The van der Waals surface area contributed by atoms with Crippen molar-refractivity contribution in [3.8, 4) is 0 Å². The van der Waals surface area contributed by atoms with E-state index in [1.54, 1.807) is 0 Å². The molecule has 1 aliphatic carbocycles. The Labute approximate surface area is 234 Å². The summed E-state index contributed by atoms with van der Waals surface area (Å²) in [5.74, 6) is -1.80. The summed E-state index contributed by atoms with van der Waals surface area (Å²) >= 11 is 5.99. The predicted octanol–water partition coefficient (Wildman–Crippen LogP) is 4.70. The Morgan fingerprint density at radius 3 is 2.79 bits per heavy atom. The first-order valence-corrected chi connectivity index (χ1v) is 14.2. The average molecular weight is 561 g/mol. The van der Waals surface area contributed by atoms with Gasteiger partial charge in [-0.15, -0.1) is 0 Å². The molecule has 1 aromatic carbocycles. The van der Waals surface area contributed by atoms with E-state index in [4.69, 9.17) is 21.3 Å². The molecule has 2 heterocycles.